The van der Waals surface area contributed by atoms with Crippen molar-refractivity contribution in [2.75, 3.05) is 0 Å². The van der Waals surface area contributed by atoms with E-state index in [0.29, 0.717) is 4.68 Å². The average molecular weight is 265 g/mol. The molecule has 0 aliphatic carbocycles. The van der Waals surface area contributed by atoms with Crippen LogP contribution in [0.5, 0.6) is 0 Å². The number of allylic oxidation sites excluding steroid dienone is 1. The summed E-state index contributed by atoms with van der Waals surface area (Å²) in [5.41, 5.74) is 2.21. The molecule has 0 atom stereocenters. The Balaban J connectivity index is 2.50. The van der Waals surface area contributed by atoms with Gasteiger partial charge in [0.25, 0.3) is 0 Å². The number of fused-ring (bicyclic) bond motifs is 1. The van der Waals surface area contributed by atoms with E-state index in [1.807, 2.05) is 18.2 Å². The van der Waals surface area contributed by atoms with Crippen LogP contribution in [0.15, 0.2) is 30.3 Å². The summed E-state index contributed by atoms with van der Waals surface area (Å²) in [5, 5.41) is 0. The second-order valence-corrected chi connectivity index (χ2v) is 6.94. The summed E-state index contributed by atoms with van der Waals surface area (Å²) >= 11 is -0.0169. The molecule has 1 aromatic rings. The van der Waals surface area contributed by atoms with Gasteiger partial charge < -0.3 is 0 Å². The molecule has 0 spiro atoms. The number of rotatable bonds is 0. The van der Waals surface area contributed by atoms with Crippen molar-refractivity contribution < 1.29 is 4.79 Å². The molecule has 15 heavy (non-hydrogen) atoms. The van der Waals surface area contributed by atoms with Gasteiger partial charge in [-0.1, -0.05) is 0 Å². The zero-order valence-corrected chi connectivity index (χ0v) is 10.9. The maximum atomic E-state index is 11.7. The van der Waals surface area contributed by atoms with Gasteiger partial charge in [-0.3, -0.25) is 0 Å². The summed E-state index contributed by atoms with van der Waals surface area (Å²) in [6.07, 6.45) is 2.23. The zero-order chi connectivity index (χ0) is 11.1. The van der Waals surface area contributed by atoms with Crippen LogP contribution in [-0.4, -0.2) is 19.6 Å². The monoisotopic (exact) mass is 266 g/mol. The Morgan fingerprint density at radius 2 is 1.73 bits per heavy atom. The molecule has 0 amide bonds. The van der Waals surface area contributed by atoms with Gasteiger partial charge >= 0.3 is 96.6 Å². The standard InChI is InChI=1S/C13H14OSe/c1-13(2,3)8-11-9-6-4-5-7-10(9)12(14)15-11/h4-8H,1-3H3/b11-8-. The van der Waals surface area contributed by atoms with Crippen LogP contribution in [0.4, 0.5) is 0 Å². The average Bonchev–Trinajstić information content (AvgIpc) is 2.42. The van der Waals surface area contributed by atoms with E-state index in [1.54, 1.807) is 0 Å². The summed E-state index contributed by atoms with van der Waals surface area (Å²) in [5.74, 6) is 0. The van der Waals surface area contributed by atoms with Crippen LogP contribution < -0.4 is 0 Å². The van der Waals surface area contributed by atoms with Crippen molar-refractivity contribution in [3.05, 3.63) is 41.5 Å². The molecule has 2 rings (SSSR count). The molecule has 0 radical (unpaired) electrons. The summed E-state index contributed by atoms with van der Waals surface area (Å²) in [7, 11) is 0. The van der Waals surface area contributed by atoms with Gasteiger partial charge in [-0.15, -0.1) is 0 Å². The molecule has 0 saturated carbocycles. The first-order chi connectivity index (χ1) is 6.97. The summed E-state index contributed by atoms with van der Waals surface area (Å²) in [6.45, 7) is 6.50. The fourth-order valence-corrected chi connectivity index (χ4v) is 4.08. The topological polar surface area (TPSA) is 17.1 Å². The molecule has 0 bridgehead atoms. The van der Waals surface area contributed by atoms with Crippen LogP contribution in [0, 0.1) is 5.41 Å². The first kappa shape index (κ1) is 10.7. The molecule has 0 saturated heterocycles. The van der Waals surface area contributed by atoms with Gasteiger partial charge in [-0.2, -0.15) is 0 Å². The number of hydrogen-bond acceptors (Lipinski definition) is 1. The van der Waals surface area contributed by atoms with E-state index >= 15 is 0 Å². The minimum absolute atomic E-state index is 0.0169. The van der Waals surface area contributed by atoms with Crippen LogP contribution in [0.25, 0.3) is 4.47 Å². The van der Waals surface area contributed by atoms with E-state index in [4.69, 9.17) is 0 Å². The Morgan fingerprint density at radius 3 is 2.33 bits per heavy atom. The van der Waals surface area contributed by atoms with Crippen LogP contribution in [0.2, 0.25) is 0 Å². The van der Waals surface area contributed by atoms with E-state index in [1.165, 1.54) is 4.47 Å². The normalized spacial score (nSPS) is 18.3. The molecule has 1 nitrogen and oxygen atoms in total. The third-order valence-electron chi connectivity index (χ3n) is 2.18. The number of carbonyl (C=O) groups excluding carboxylic acids is 1. The van der Waals surface area contributed by atoms with E-state index in [9.17, 15) is 4.79 Å². The Hall–Kier alpha value is -0.851. The second-order valence-electron chi connectivity index (χ2n) is 4.81. The molecular weight excluding hydrogens is 251 g/mol. The Bertz CT molecular complexity index is 438. The van der Waals surface area contributed by atoms with Gasteiger partial charge in [0.15, 0.2) is 0 Å². The van der Waals surface area contributed by atoms with Gasteiger partial charge in [0.1, 0.15) is 0 Å². The van der Waals surface area contributed by atoms with Crippen LogP contribution >= 0.6 is 0 Å². The molecule has 1 aliphatic rings. The van der Waals surface area contributed by atoms with Gasteiger partial charge in [0.05, 0.1) is 0 Å². The van der Waals surface area contributed by atoms with Crippen LogP contribution in [0.1, 0.15) is 36.7 Å². The first-order valence-electron chi connectivity index (χ1n) is 5.02. The molecule has 0 unspecified atom stereocenters. The fourth-order valence-electron chi connectivity index (χ4n) is 1.59. The van der Waals surface area contributed by atoms with Crippen molar-refractivity contribution in [3.8, 4) is 0 Å². The predicted molar refractivity (Wildman–Crippen MR) is 64.0 cm³/mol. The molecular formula is C13H14OSe. The zero-order valence-electron chi connectivity index (χ0n) is 9.20. The van der Waals surface area contributed by atoms with E-state index < -0.39 is 0 Å². The number of benzene rings is 1. The molecule has 0 fully saturated rings. The fraction of sp³-hybridized carbons (Fsp3) is 0.308. The van der Waals surface area contributed by atoms with Gasteiger partial charge in [-0.05, 0) is 0 Å². The first-order valence-corrected chi connectivity index (χ1v) is 6.73. The van der Waals surface area contributed by atoms with Crippen molar-refractivity contribution in [2.45, 2.75) is 20.8 Å². The third kappa shape index (κ3) is 2.22. The van der Waals surface area contributed by atoms with Crippen LogP contribution in [-0.2, 0) is 0 Å². The van der Waals surface area contributed by atoms with E-state index in [0.717, 1.165) is 11.1 Å². The van der Waals surface area contributed by atoms with Crippen LogP contribution in [0.3, 0.4) is 0 Å². The summed E-state index contributed by atoms with van der Waals surface area (Å²) in [6, 6.07) is 7.93. The molecule has 78 valence electrons. The number of hydrogen-bond donors (Lipinski definition) is 0. The summed E-state index contributed by atoms with van der Waals surface area (Å²) in [4.78, 5) is 11.7. The van der Waals surface area contributed by atoms with Crippen molar-refractivity contribution in [3.63, 3.8) is 0 Å². The van der Waals surface area contributed by atoms with Crippen molar-refractivity contribution >= 4 is 24.1 Å². The summed E-state index contributed by atoms with van der Waals surface area (Å²) < 4.78 is 1.56. The quantitative estimate of drug-likeness (QED) is 0.659. The van der Waals surface area contributed by atoms with Gasteiger partial charge in [0.2, 0.25) is 0 Å². The van der Waals surface area contributed by atoms with E-state index in [-0.39, 0.29) is 20.4 Å². The minimum atomic E-state index is -0.0169. The Morgan fingerprint density at radius 1 is 1.13 bits per heavy atom. The Kier molecular flexibility index (Phi) is 2.57. The SMILES string of the molecule is CC(C)(C)/C=C1\[Se]C(=O)c2ccccc21. The number of carbonyl (C=O) groups is 1. The molecule has 0 N–H and O–H groups in total. The maximum absolute atomic E-state index is 11.7. The predicted octanol–water partition coefficient (Wildman–Crippen LogP) is 2.93. The van der Waals surface area contributed by atoms with Crippen molar-refractivity contribution in [1.82, 2.24) is 0 Å². The van der Waals surface area contributed by atoms with Crippen molar-refractivity contribution in [2.24, 2.45) is 5.41 Å². The molecule has 1 aliphatic heterocycles. The third-order valence-corrected chi connectivity index (χ3v) is 4.20. The van der Waals surface area contributed by atoms with Gasteiger partial charge in [-0.25, -0.2) is 0 Å². The second kappa shape index (κ2) is 3.62. The van der Waals surface area contributed by atoms with Gasteiger partial charge in [0, 0.05) is 0 Å². The molecule has 2 heteroatoms. The van der Waals surface area contributed by atoms with E-state index in [2.05, 4.69) is 32.9 Å². The molecule has 0 aromatic heterocycles. The van der Waals surface area contributed by atoms with Crippen molar-refractivity contribution in [1.29, 1.82) is 0 Å². The molecule has 1 heterocycles. The molecule has 1 aromatic carbocycles. The Labute approximate surface area is 96.7 Å².